The molecule has 3 nitrogen and oxygen atoms in total. The number of hydrogen-bond donors (Lipinski definition) is 3. The van der Waals surface area contributed by atoms with E-state index in [0.717, 1.165) is 18.7 Å². The molecule has 3 rings (SSSR count). The van der Waals surface area contributed by atoms with Crippen LogP contribution in [0.3, 0.4) is 0 Å². The first-order valence-corrected chi connectivity index (χ1v) is 7.31. The van der Waals surface area contributed by atoms with E-state index in [1.54, 1.807) is 0 Å². The van der Waals surface area contributed by atoms with E-state index in [1.165, 1.54) is 21.2 Å². The van der Waals surface area contributed by atoms with Gasteiger partial charge in [-0.3, -0.25) is 0 Å². The molecule has 0 saturated heterocycles. The summed E-state index contributed by atoms with van der Waals surface area (Å²) in [5, 5.41) is 6.97. The van der Waals surface area contributed by atoms with Gasteiger partial charge in [-0.25, -0.2) is 0 Å². The molecular formula is C15H17N3S. The fourth-order valence-corrected chi connectivity index (χ4v) is 3.15. The number of hydrogen-bond acceptors (Lipinski definition) is 4. The molecular weight excluding hydrogens is 254 g/mol. The fourth-order valence-electron chi connectivity index (χ4n) is 2.13. The zero-order valence-corrected chi connectivity index (χ0v) is 11.5. The molecule has 0 fully saturated rings. The Morgan fingerprint density at radius 2 is 1.89 bits per heavy atom. The van der Waals surface area contributed by atoms with Crippen LogP contribution in [0.4, 0.5) is 17.1 Å². The highest BCUT2D eigenvalue weighted by atomic mass is 32.2. The van der Waals surface area contributed by atoms with E-state index in [1.807, 2.05) is 11.8 Å². The quantitative estimate of drug-likeness (QED) is 0.634. The van der Waals surface area contributed by atoms with Crippen molar-refractivity contribution in [3.05, 3.63) is 42.5 Å². The average molecular weight is 271 g/mol. The van der Waals surface area contributed by atoms with Crippen LogP contribution in [0.15, 0.2) is 52.3 Å². The maximum atomic E-state index is 5.53. The lowest BCUT2D eigenvalue weighted by atomic mass is 10.2. The van der Waals surface area contributed by atoms with E-state index < -0.39 is 0 Å². The molecule has 0 saturated carbocycles. The molecule has 2 aromatic rings. The number of nitrogens with one attached hydrogen (secondary N) is 2. The second kappa shape index (κ2) is 5.55. The van der Waals surface area contributed by atoms with Gasteiger partial charge in [-0.15, -0.1) is 0 Å². The van der Waals surface area contributed by atoms with Gasteiger partial charge in [-0.1, -0.05) is 30.0 Å². The van der Waals surface area contributed by atoms with Crippen LogP contribution in [0.5, 0.6) is 0 Å². The zero-order valence-electron chi connectivity index (χ0n) is 10.6. The number of nitrogens with two attached hydrogens (primary N) is 1. The van der Waals surface area contributed by atoms with Gasteiger partial charge in [0.15, 0.2) is 0 Å². The average Bonchev–Trinajstić information content (AvgIpc) is 2.46. The normalized spacial score (nSPS) is 12.3. The van der Waals surface area contributed by atoms with Gasteiger partial charge in [-0.2, -0.15) is 0 Å². The van der Waals surface area contributed by atoms with Gasteiger partial charge in [0.1, 0.15) is 0 Å². The Morgan fingerprint density at radius 3 is 2.79 bits per heavy atom. The molecule has 0 spiro atoms. The van der Waals surface area contributed by atoms with Crippen molar-refractivity contribution >= 4 is 28.8 Å². The van der Waals surface area contributed by atoms with E-state index >= 15 is 0 Å². The third kappa shape index (κ3) is 2.55. The van der Waals surface area contributed by atoms with Crippen LogP contribution >= 0.6 is 11.8 Å². The Bertz CT molecular complexity index is 583. The number of anilines is 3. The molecule has 1 aliphatic heterocycles. The molecule has 0 atom stereocenters. The smallest absolute Gasteiger partial charge is 0.0761 e. The van der Waals surface area contributed by atoms with Gasteiger partial charge in [0.2, 0.25) is 0 Å². The molecule has 98 valence electrons. The minimum atomic E-state index is 0.715. The van der Waals surface area contributed by atoms with Crippen molar-refractivity contribution < 1.29 is 0 Å². The molecule has 0 bridgehead atoms. The molecule has 2 aromatic carbocycles. The maximum absolute atomic E-state index is 5.53. The lowest BCUT2D eigenvalue weighted by Gasteiger charge is -2.23. The Kier molecular flexibility index (Phi) is 3.62. The monoisotopic (exact) mass is 271 g/mol. The SMILES string of the molecule is NCCCNc1cccc2c1Nc1ccccc1S2. The second-order valence-electron chi connectivity index (χ2n) is 4.47. The minimum Gasteiger partial charge on any atom is -0.383 e. The third-order valence-corrected chi connectivity index (χ3v) is 4.23. The molecule has 4 heteroatoms. The van der Waals surface area contributed by atoms with Crippen molar-refractivity contribution in [2.45, 2.75) is 16.2 Å². The van der Waals surface area contributed by atoms with Crippen molar-refractivity contribution in [2.24, 2.45) is 5.73 Å². The van der Waals surface area contributed by atoms with Crippen LogP contribution in [-0.4, -0.2) is 13.1 Å². The van der Waals surface area contributed by atoms with Crippen molar-refractivity contribution in [2.75, 3.05) is 23.7 Å². The van der Waals surface area contributed by atoms with E-state index in [9.17, 15) is 0 Å². The van der Waals surface area contributed by atoms with Crippen molar-refractivity contribution in [1.29, 1.82) is 0 Å². The number of para-hydroxylation sites is 2. The Hall–Kier alpha value is -1.65. The van der Waals surface area contributed by atoms with Crippen LogP contribution < -0.4 is 16.4 Å². The number of rotatable bonds is 4. The summed E-state index contributed by atoms with van der Waals surface area (Å²) in [7, 11) is 0. The first-order valence-electron chi connectivity index (χ1n) is 6.49. The summed E-state index contributed by atoms with van der Waals surface area (Å²) in [4.78, 5) is 2.53. The van der Waals surface area contributed by atoms with Gasteiger partial charge >= 0.3 is 0 Å². The summed E-state index contributed by atoms with van der Waals surface area (Å²) >= 11 is 1.81. The minimum absolute atomic E-state index is 0.715. The van der Waals surface area contributed by atoms with Gasteiger partial charge in [-0.05, 0) is 37.2 Å². The summed E-state index contributed by atoms with van der Waals surface area (Å²) in [5.41, 5.74) is 9.02. The van der Waals surface area contributed by atoms with Gasteiger partial charge in [0, 0.05) is 16.3 Å². The van der Waals surface area contributed by atoms with Crippen molar-refractivity contribution in [3.63, 3.8) is 0 Å². The van der Waals surface area contributed by atoms with E-state index in [4.69, 9.17) is 5.73 Å². The van der Waals surface area contributed by atoms with Gasteiger partial charge in [0.25, 0.3) is 0 Å². The molecule has 1 aliphatic rings. The third-order valence-electron chi connectivity index (χ3n) is 3.09. The van der Waals surface area contributed by atoms with Gasteiger partial charge in [0.05, 0.1) is 17.1 Å². The molecule has 0 unspecified atom stereocenters. The Labute approximate surface area is 117 Å². The van der Waals surface area contributed by atoms with Crippen molar-refractivity contribution in [1.82, 2.24) is 0 Å². The Balaban J connectivity index is 1.88. The Morgan fingerprint density at radius 1 is 1.05 bits per heavy atom. The highest BCUT2D eigenvalue weighted by Gasteiger charge is 2.17. The lowest BCUT2D eigenvalue weighted by Crippen LogP contribution is -2.10. The number of benzene rings is 2. The maximum Gasteiger partial charge on any atom is 0.0761 e. The summed E-state index contributed by atoms with van der Waals surface area (Å²) in [6.07, 6.45) is 0.980. The molecule has 19 heavy (non-hydrogen) atoms. The predicted octanol–water partition coefficient (Wildman–Crippen LogP) is 3.66. The lowest BCUT2D eigenvalue weighted by molar-refractivity contribution is 0.874. The summed E-state index contributed by atoms with van der Waals surface area (Å²) in [6, 6.07) is 14.7. The van der Waals surface area contributed by atoms with E-state index in [0.29, 0.717) is 6.54 Å². The summed E-state index contributed by atoms with van der Waals surface area (Å²) < 4.78 is 0. The topological polar surface area (TPSA) is 50.1 Å². The van der Waals surface area contributed by atoms with Crippen LogP contribution in [-0.2, 0) is 0 Å². The largest absolute Gasteiger partial charge is 0.383 e. The van der Waals surface area contributed by atoms with Crippen molar-refractivity contribution in [3.8, 4) is 0 Å². The van der Waals surface area contributed by atoms with Crippen LogP contribution in [0, 0.1) is 0 Å². The van der Waals surface area contributed by atoms with E-state index in [2.05, 4.69) is 53.1 Å². The number of fused-ring (bicyclic) bond motifs is 2. The zero-order chi connectivity index (χ0) is 13.1. The summed E-state index contributed by atoms with van der Waals surface area (Å²) in [5.74, 6) is 0. The fraction of sp³-hybridized carbons (Fsp3) is 0.200. The highest BCUT2D eigenvalue weighted by molar-refractivity contribution is 7.99. The highest BCUT2D eigenvalue weighted by Crippen LogP contribution is 2.46. The van der Waals surface area contributed by atoms with Crippen LogP contribution in [0.25, 0.3) is 0 Å². The van der Waals surface area contributed by atoms with Gasteiger partial charge < -0.3 is 16.4 Å². The molecule has 0 amide bonds. The van der Waals surface area contributed by atoms with Crippen LogP contribution in [0.2, 0.25) is 0 Å². The molecule has 1 heterocycles. The first-order chi connectivity index (χ1) is 9.38. The molecule has 0 aromatic heterocycles. The first kappa shape index (κ1) is 12.4. The van der Waals surface area contributed by atoms with E-state index in [-0.39, 0.29) is 0 Å². The second-order valence-corrected chi connectivity index (χ2v) is 5.55. The standard InChI is InChI=1S/C15H17N3S/c16-9-4-10-17-12-6-3-8-14-15(12)18-11-5-1-2-7-13(11)19-14/h1-3,5-8,17-18H,4,9-10,16H2. The summed E-state index contributed by atoms with van der Waals surface area (Å²) in [6.45, 7) is 1.62. The van der Waals surface area contributed by atoms with Crippen LogP contribution in [0.1, 0.15) is 6.42 Å². The molecule has 0 radical (unpaired) electrons. The molecule has 0 aliphatic carbocycles. The molecule has 4 N–H and O–H groups in total. The predicted molar refractivity (Wildman–Crippen MR) is 82.5 cm³/mol.